The van der Waals surface area contributed by atoms with Gasteiger partial charge in [-0.1, -0.05) is 0 Å². The van der Waals surface area contributed by atoms with Crippen LogP contribution in [0.4, 0.5) is 0 Å². The number of halogens is 2. The first-order valence-electron chi connectivity index (χ1n) is 5.43. The van der Waals surface area contributed by atoms with Crippen LogP contribution in [0.1, 0.15) is 12.8 Å². The van der Waals surface area contributed by atoms with E-state index < -0.39 is 32.0 Å². The molecule has 0 saturated heterocycles. The fourth-order valence-electron chi connectivity index (χ4n) is 1.93. The van der Waals surface area contributed by atoms with Gasteiger partial charge in [0.25, 0.3) is 0 Å². The summed E-state index contributed by atoms with van der Waals surface area (Å²) in [7, 11) is -0.821. The summed E-state index contributed by atoms with van der Waals surface area (Å²) in [6.07, 6.45) is 11.1. The average molecular weight is 366 g/mol. The summed E-state index contributed by atoms with van der Waals surface area (Å²) < 4.78 is 2.99. The molecule has 2 aliphatic rings. The standard InChI is InChI=1S/C7H11OSi.C5H5.2ClH.Zr/c1-9(2)7-5-3-4-6(7)8;1-2-4-5-3-1;;;/h5,8-9H,3H2,1-2H3;1-3H,4H2;2*1H;/q;;;;+2/p-2. The predicted octanol–water partition coefficient (Wildman–Crippen LogP) is -2.95. The summed E-state index contributed by atoms with van der Waals surface area (Å²) >= 11 is -0.641. The van der Waals surface area contributed by atoms with E-state index in [0.29, 0.717) is 5.76 Å². The van der Waals surface area contributed by atoms with Crippen molar-refractivity contribution in [2.24, 2.45) is 0 Å². The number of aliphatic hydroxyl groups is 1. The first-order chi connectivity index (χ1) is 7.18. The van der Waals surface area contributed by atoms with Gasteiger partial charge in [-0.2, -0.15) is 0 Å². The zero-order chi connectivity index (χ0) is 10.8. The van der Waals surface area contributed by atoms with Gasteiger partial charge < -0.3 is 24.8 Å². The van der Waals surface area contributed by atoms with Crippen LogP contribution in [-0.4, -0.2) is 13.9 Å². The summed E-state index contributed by atoms with van der Waals surface area (Å²) in [5.41, 5.74) is 0. The third kappa shape index (κ3) is 4.24. The molecule has 1 nitrogen and oxygen atoms in total. The van der Waals surface area contributed by atoms with Crippen molar-refractivity contribution in [1.82, 2.24) is 0 Å². The van der Waals surface area contributed by atoms with Crippen LogP contribution in [0.2, 0.25) is 13.1 Å². The van der Waals surface area contributed by atoms with Crippen molar-refractivity contribution in [1.29, 1.82) is 0 Å². The summed E-state index contributed by atoms with van der Waals surface area (Å²) in [6.45, 7) is 4.57. The van der Waals surface area contributed by atoms with Gasteiger partial charge in [0, 0.05) is 0 Å². The number of hydrogen-bond donors (Lipinski definition) is 1. The topological polar surface area (TPSA) is 20.2 Å². The molecule has 0 atom stereocenters. The molecule has 5 heteroatoms. The molecule has 0 aromatic heterocycles. The van der Waals surface area contributed by atoms with Crippen LogP contribution in [-0.2, 0) is 23.2 Å². The molecular weight excluding hydrogens is 350 g/mol. The Labute approximate surface area is 129 Å². The van der Waals surface area contributed by atoms with Crippen LogP contribution < -0.4 is 24.8 Å². The summed E-state index contributed by atoms with van der Waals surface area (Å²) in [6, 6.07) is 0. The maximum Gasteiger partial charge on any atom is -1.00 e. The van der Waals surface area contributed by atoms with Crippen molar-refractivity contribution in [3.8, 4) is 0 Å². The minimum atomic E-state index is -0.821. The van der Waals surface area contributed by atoms with Gasteiger partial charge in [0.1, 0.15) is 0 Å². The van der Waals surface area contributed by atoms with Crippen LogP contribution in [0.15, 0.2) is 41.8 Å². The van der Waals surface area contributed by atoms with Gasteiger partial charge >= 0.3 is 105 Å². The third-order valence-electron chi connectivity index (χ3n) is 2.79. The van der Waals surface area contributed by atoms with Crippen molar-refractivity contribution >= 4 is 8.80 Å². The fourth-order valence-corrected chi connectivity index (χ4v) is 6.68. The molecule has 0 aromatic rings. The zero-order valence-electron chi connectivity index (χ0n) is 10.0. The van der Waals surface area contributed by atoms with E-state index in [1.807, 2.05) is 0 Å². The van der Waals surface area contributed by atoms with Gasteiger partial charge in [-0.05, 0) is 0 Å². The Morgan fingerprint density at radius 1 is 1.24 bits per heavy atom. The Bertz CT molecular complexity index is 397. The molecule has 2 rings (SSSR count). The Balaban J connectivity index is 0.00000128. The maximum absolute atomic E-state index is 10.1. The minimum absolute atomic E-state index is 0. The molecule has 17 heavy (non-hydrogen) atoms. The molecule has 0 saturated carbocycles. The van der Waals surface area contributed by atoms with E-state index in [9.17, 15) is 5.11 Å². The molecule has 0 heterocycles. The maximum atomic E-state index is 10.1. The van der Waals surface area contributed by atoms with Crippen LogP contribution in [0.25, 0.3) is 0 Å². The molecule has 0 unspecified atom stereocenters. The Kier molecular flexibility index (Phi) is 7.98. The number of allylic oxidation sites excluding steroid dienone is 7. The summed E-state index contributed by atoms with van der Waals surface area (Å²) in [4.78, 5) is 0. The summed E-state index contributed by atoms with van der Waals surface area (Å²) in [5, 5.41) is 11.4. The van der Waals surface area contributed by atoms with E-state index in [0.717, 1.165) is 12.8 Å². The van der Waals surface area contributed by atoms with Gasteiger partial charge in [-0.3, -0.25) is 0 Å². The largest absolute Gasteiger partial charge is 1.00 e. The van der Waals surface area contributed by atoms with Crippen molar-refractivity contribution in [2.75, 3.05) is 0 Å². The number of rotatable bonds is 3. The van der Waals surface area contributed by atoms with E-state index >= 15 is 0 Å². The first-order valence-corrected chi connectivity index (χ1v) is 10.8. The van der Waals surface area contributed by atoms with Crippen molar-refractivity contribution in [2.45, 2.75) is 25.9 Å². The average Bonchev–Trinajstić information content (AvgIpc) is 2.78. The Morgan fingerprint density at radius 2 is 1.94 bits per heavy atom. The van der Waals surface area contributed by atoms with Gasteiger partial charge in [0.2, 0.25) is 0 Å². The second-order valence-corrected chi connectivity index (χ2v) is 10.9. The van der Waals surface area contributed by atoms with Gasteiger partial charge in [-0.25, -0.2) is 0 Å². The molecular formula is C12H16Cl2OSiZr. The van der Waals surface area contributed by atoms with Crippen LogP contribution in [0, 0.1) is 0 Å². The molecule has 0 aromatic carbocycles. The minimum Gasteiger partial charge on any atom is -1.00 e. The van der Waals surface area contributed by atoms with E-state index in [2.05, 4.69) is 37.4 Å². The number of aliphatic hydroxyl groups excluding tert-OH is 1. The monoisotopic (exact) mass is 364 g/mol. The molecule has 0 fully saturated rings. The first kappa shape index (κ1) is 17.4. The molecule has 92 valence electrons. The zero-order valence-corrected chi connectivity index (χ0v) is 15.1. The molecule has 0 bridgehead atoms. The predicted molar refractivity (Wildman–Crippen MR) is 63.1 cm³/mol. The van der Waals surface area contributed by atoms with Crippen molar-refractivity contribution < 1.29 is 53.2 Å². The van der Waals surface area contributed by atoms with E-state index in [1.54, 1.807) is 3.28 Å². The second-order valence-electron chi connectivity index (χ2n) is 4.29. The molecule has 0 radical (unpaired) electrons. The van der Waals surface area contributed by atoms with E-state index in [4.69, 9.17) is 0 Å². The molecule has 0 aliphatic heterocycles. The third-order valence-corrected chi connectivity index (χ3v) is 8.07. The van der Waals surface area contributed by atoms with Crippen LogP contribution in [0.5, 0.6) is 0 Å². The Hall–Kier alpha value is 0.440. The SMILES string of the molecule is C[SiH](C)C1=CC[C]([Zr+2][C]2=CC=CC2)=C1O.[Cl-].[Cl-]. The molecule has 0 spiro atoms. The smallest absolute Gasteiger partial charge is 1.00 e. The molecule has 2 aliphatic carbocycles. The number of hydrogen-bond acceptors (Lipinski definition) is 1. The molecule has 0 amide bonds. The van der Waals surface area contributed by atoms with Gasteiger partial charge in [-0.15, -0.1) is 0 Å². The second kappa shape index (κ2) is 7.78. The Morgan fingerprint density at radius 3 is 2.41 bits per heavy atom. The van der Waals surface area contributed by atoms with Gasteiger partial charge in [0.15, 0.2) is 0 Å². The van der Waals surface area contributed by atoms with Crippen LogP contribution >= 0.6 is 0 Å². The fraction of sp³-hybridized carbons (Fsp3) is 0.333. The normalized spacial score (nSPS) is 17.4. The summed E-state index contributed by atoms with van der Waals surface area (Å²) in [5.74, 6) is 0.691. The van der Waals surface area contributed by atoms with Crippen molar-refractivity contribution in [3.05, 3.63) is 41.8 Å². The van der Waals surface area contributed by atoms with Crippen molar-refractivity contribution in [3.63, 3.8) is 0 Å². The molecule has 1 N–H and O–H groups in total. The van der Waals surface area contributed by atoms with E-state index in [1.165, 1.54) is 8.48 Å². The quantitative estimate of drug-likeness (QED) is 0.530. The van der Waals surface area contributed by atoms with Gasteiger partial charge in [0.05, 0.1) is 0 Å². The van der Waals surface area contributed by atoms with Crippen LogP contribution in [0.3, 0.4) is 0 Å². The van der Waals surface area contributed by atoms with E-state index in [-0.39, 0.29) is 24.8 Å².